The summed E-state index contributed by atoms with van der Waals surface area (Å²) in [6.07, 6.45) is 11.2. The molecule has 2 aliphatic heterocycles. The van der Waals surface area contributed by atoms with Crippen LogP contribution in [0.4, 0.5) is 0 Å². The van der Waals surface area contributed by atoms with Crippen LogP contribution in [0.15, 0.2) is 109 Å². The van der Waals surface area contributed by atoms with Gasteiger partial charge in [-0.1, -0.05) is 78.9 Å². The highest BCUT2D eigenvalue weighted by atomic mass is 15.1. The highest BCUT2D eigenvalue weighted by Crippen LogP contribution is 2.24. The first-order chi connectivity index (χ1) is 14.8. The molecule has 2 heterocycles. The molecule has 0 saturated heterocycles. The largest absolute Gasteiger partial charge is 0.369 e. The van der Waals surface area contributed by atoms with Crippen molar-refractivity contribution in [3.05, 3.63) is 137 Å². The molecule has 0 radical (unpaired) electrons. The summed E-state index contributed by atoms with van der Waals surface area (Å²) in [6.45, 7) is 4.12. The highest BCUT2D eigenvalue weighted by molar-refractivity contribution is 5.75. The van der Waals surface area contributed by atoms with Gasteiger partial charge in [-0.15, -0.1) is 0 Å². The lowest BCUT2D eigenvalue weighted by atomic mass is 10.1. The zero-order valence-corrected chi connectivity index (χ0v) is 17.2. The molecule has 3 aromatic carbocycles. The van der Waals surface area contributed by atoms with Crippen molar-refractivity contribution in [3.63, 3.8) is 0 Å². The SMILES string of the molecule is C(=C[NH+]1Cc2ccccc2C1)/C=C(/C=C/N1Cc2ccccc2C1)c1ccccc1. The maximum absolute atomic E-state index is 2.38. The van der Waals surface area contributed by atoms with Crippen LogP contribution in [-0.2, 0) is 26.2 Å². The van der Waals surface area contributed by atoms with E-state index in [0.29, 0.717) is 0 Å². The van der Waals surface area contributed by atoms with Crippen molar-refractivity contribution in [1.82, 2.24) is 4.90 Å². The number of fused-ring (bicyclic) bond motifs is 2. The van der Waals surface area contributed by atoms with Crippen LogP contribution >= 0.6 is 0 Å². The average Bonchev–Trinajstić information content (AvgIpc) is 3.39. The zero-order chi connectivity index (χ0) is 20.2. The van der Waals surface area contributed by atoms with Crippen LogP contribution in [-0.4, -0.2) is 4.90 Å². The Morgan fingerprint density at radius 2 is 1.27 bits per heavy atom. The molecule has 30 heavy (non-hydrogen) atoms. The molecule has 0 bridgehead atoms. The predicted octanol–water partition coefficient (Wildman–Crippen LogP) is 4.71. The number of hydrogen-bond donors (Lipinski definition) is 1. The van der Waals surface area contributed by atoms with Crippen LogP contribution in [0.5, 0.6) is 0 Å². The van der Waals surface area contributed by atoms with Crippen molar-refractivity contribution in [3.8, 4) is 0 Å². The summed E-state index contributed by atoms with van der Waals surface area (Å²) in [5.74, 6) is 0. The zero-order valence-electron chi connectivity index (χ0n) is 17.2. The molecule has 0 spiro atoms. The first-order valence-corrected chi connectivity index (χ1v) is 10.7. The molecule has 148 valence electrons. The van der Waals surface area contributed by atoms with Gasteiger partial charge in [0.2, 0.25) is 0 Å². The van der Waals surface area contributed by atoms with E-state index in [1.54, 1.807) is 0 Å². The molecule has 0 aliphatic carbocycles. The molecule has 5 rings (SSSR count). The fourth-order valence-electron chi connectivity index (χ4n) is 4.39. The van der Waals surface area contributed by atoms with E-state index in [4.69, 9.17) is 0 Å². The molecule has 2 aliphatic rings. The van der Waals surface area contributed by atoms with E-state index in [-0.39, 0.29) is 0 Å². The molecule has 2 heteroatoms. The fourth-order valence-corrected chi connectivity index (χ4v) is 4.39. The molecular formula is C28H27N2+. The molecule has 3 aromatic rings. The monoisotopic (exact) mass is 391 g/mol. The minimum Gasteiger partial charge on any atom is -0.369 e. The fraction of sp³-hybridized carbons (Fsp3) is 0.143. The second kappa shape index (κ2) is 8.56. The summed E-state index contributed by atoms with van der Waals surface area (Å²) >= 11 is 0. The molecule has 0 aromatic heterocycles. The first-order valence-electron chi connectivity index (χ1n) is 10.7. The number of rotatable bonds is 5. The lowest BCUT2D eigenvalue weighted by Gasteiger charge is -2.11. The number of hydrogen-bond acceptors (Lipinski definition) is 1. The van der Waals surface area contributed by atoms with Crippen LogP contribution in [0.25, 0.3) is 5.57 Å². The summed E-state index contributed by atoms with van der Waals surface area (Å²) in [6, 6.07) is 28.1. The van der Waals surface area contributed by atoms with Gasteiger partial charge in [0.25, 0.3) is 0 Å². The van der Waals surface area contributed by atoms with Gasteiger partial charge in [-0.2, -0.15) is 0 Å². The third kappa shape index (κ3) is 4.14. The molecule has 0 unspecified atom stereocenters. The number of nitrogens with zero attached hydrogens (tertiary/aromatic N) is 1. The quantitative estimate of drug-likeness (QED) is 0.619. The Labute approximate surface area is 179 Å². The normalized spacial score (nSPS) is 16.5. The molecule has 0 amide bonds. The number of benzene rings is 3. The predicted molar refractivity (Wildman–Crippen MR) is 123 cm³/mol. The summed E-state index contributed by atoms with van der Waals surface area (Å²) in [5, 5.41) is 0. The van der Waals surface area contributed by atoms with Gasteiger partial charge >= 0.3 is 0 Å². The van der Waals surface area contributed by atoms with E-state index >= 15 is 0 Å². The molecule has 0 atom stereocenters. The maximum atomic E-state index is 2.38. The van der Waals surface area contributed by atoms with Crippen molar-refractivity contribution in [1.29, 1.82) is 0 Å². The summed E-state index contributed by atoms with van der Waals surface area (Å²) < 4.78 is 0. The lowest BCUT2D eigenvalue weighted by molar-refractivity contribution is -0.868. The van der Waals surface area contributed by atoms with Gasteiger partial charge in [0, 0.05) is 30.4 Å². The summed E-state index contributed by atoms with van der Waals surface area (Å²) in [5.41, 5.74) is 8.29. The number of nitrogens with one attached hydrogen (secondary N) is 1. The van der Waals surface area contributed by atoms with Crippen molar-refractivity contribution >= 4 is 5.57 Å². The minimum atomic E-state index is 0.987. The van der Waals surface area contributed by atoms with Gasteiger partial charge in [0.15, 0.2) is 0 Å². The van der Waals surface area contributed by atoms with Crippen LogP contribution in [0.3, 0.4) is 0 Å². The van der Waals surface area contributed by atoms with Gasteiger partial charge in [-0.3, -0.25) is 0 Å². The Bertz CT molecular complexity index is 1060. The Kier molecular flexibility index (Phi) is 5.32. The summed E-state index contributed by atoms with van der Waals surface area (Å²) in [7, 11) is 0. The van der Waals surface area contributed by atoms with Crippen LogP contribution in [0.2, 0.25) is 0 Å². The Morgan fingerprint density at radius 3 is 1.90 bits per heavy atom. The summed E-state index contributed by atoms with van der Waals surface area (Å²) in [4.78, 5) is 3.87. The van der Waals surface area contributed by atoms with Crippen LogP contribution < -0.4 is 4.90 Å². The maximum Gasteiger partial charge on any atom is 0.108 e. The van der Waals surface area contributed by atoms with E-state index < -0.39 is 0 Å². The van der Waals surface area contributed by atoms with E-state index in [1.165, 1.54) is 38.3 Å². The van der Waals surface area contributed by atoms with Gasteiger partial charge < -0.3 is 9.80 Å². The lowest BCUT2D eigenvalue weighted by Crippen LogP contribution is -3.02. The van der Waals surface area contributed by atoms with Gasteiger partial charge in [-0.25, -0.2) is 0 Å². The third-order valence-corrected chi connectivity index (χ3v) is 6.00. The second-order valence-corrected chi connectivity index (χ2v) is 8.12. The van der Waals surface area contributed by atoms with Gasteiger partial charge in [-0.05, 0) is 40.5 Å². The Morgan fingerprint density at radius 1 is 0.700 bits per heavy atom. The van der Waals surface area contributed by atoms with Crippen molar-refractivity contribution in [2.75, 3.05) is 0 Å². The molecule has 0 saturated carbocycles. The molecule has 2 nitrogen and oxygen atoms in total. The molecular weight excluding hydrogens is 364 g/mol. The highest BCUT2D eigenvalue weighted by Gasteiger charge is 2.19. The first kappa shape index (κ1) is 18.7. The van der Waals surface area contributed by atoms with Crippen molar-refractivity contribution < 1.29 is 4.90 Å². The van der Waals surface area contributed by atoms with Gasteiger partial charge in [0.1, 0.15) is 13.1 Å². The average molecular weight is 392 g/mol. The minimum absolute atomic E-state index is 0.987. The number of allylic oxidation sites excluding steroid dienone is 4. The smallest absolute Gasteiger partial charge is 0.108 e. The van der Waals surface area contributed by atoms with Crippen LogP contribution in [0, 0.1) is 0 Å². The standard InChI is InChI=1S/C28H26N2/c1-2-9-23(10-3-1)24(16-18-30-21-27-13-6-7-14-28(27)22-30)15-8-17-29-19-25-11-4-5-12-26(25)20-29/h1-18H,19-22H2/p+1/b17-8?,18-16+,24-15-. The van der Waals surface area contributed by atoms with Crippen molar-refractivity contribution in [2.45, 2.75) is 26.2 Å². The van der Waals surface area contributed by atoms with E-state index in [2.05, 4.69) is 114 Å². The van der Waals surface area contributed by atoms with Crippen molar-refractivity contribution in [2.24, 2.45) is 0 Å². The third-order valence-electron chi connectivity index (χ3n) is 6.00. The number of quaternary nitrogens is 1. The Hall–Kier alpha value is -3.36. The second-order valence-electron chi connectivity index (χ2n) is 8.12. The van der Waals surface area contributed by atoms with E-state index in [1.807, 2.05) is 0 Å². The van der Waals surface area contributed by atoms with Crippen LogP contribution in [0.1, 0.15) is 27.8 Å². The molecule has 1 N–H and O–H groups in total. The Balaban J connectivity index is 1.32. The topological polar surface area (TPSA) is 7.68 Å². The van der Waals surface area contributed by atoms with E-state index in [9.17, 15) is 0 Å². The van der Waals surface area contributed by atoms with E-state index in [0.717, 1.165) is 26.2 Å². The molecule has 0 fully saturated rings. The van der Waals surface area contributed by atoms with Gasteiger partial charge in [0.05, 0.1) is 6.20 Å².